The van der Waals surface area contributed by atoms with Crippen molar-refractivity contribution in [3.8, 4) is 0 Å². The van der Waals surface area contributed by atoms with Crippen LogP contribution in [0.1, 0.15) is 53.9 Å². The van der Waals surface area contributed by atoms with Crippen molar-refractivity contribution in [1.29, 1.82) is 0 Å². The maximum Gasteiger partial charge on any atom is 0.407 e. The summed E-state index contributed by atoms with van der Waals surface area (Å²) in [7, 11) is 0. The van der Waals surface area contributed by atoms with Gasteiger partial charge in [0.25, 0.3) is 0 Å². The maximum atomic E-state index is 13.3. The van der Waals surface area contributed by atoms with Crippen LogP contribution in [0.15, 0.2) is 12.2 Å². The van der Waals surface area contributed by atoms with Gasteiger partial charge in [0, 0.05) is 24.6 Å². The molecule has 0 aliphatic carbocycles. The minimum Gasteiger partial charge on any atom is -0.463 e. The summed E-state index contributed by atoms with van der Waals surface area (Å²) < 4.78 is 9.83. The van der Waals surface area contributed by atoms with E-state index >= 15 is 0 Å². The van der Waals surface area contributed by atoms with Gasteiger partial charge < -0.3 is 30.7 Å². The molecule has 0 saturated carbocycles. The molecule has 0 bridgehead atoms. The quantitative estimate of drug-likeness (QED) is 0.139. The Bertz CT molecular complexity index is 819. The second-order valence-corrected chi connectivity index (χ2v) is 10.00. The minimum absolute atomic E-state index is 0.00206. The molecule has 1 aliphatic heterocycles. The molecule has 0 spiro atoms. The Balaban J connectivity index is 3.01. The Morgan fingerprint density at radius 1 is 1.08 bits per heavy atom. The first-order chi connectivity index (χ1) is 17.5. The van der Waals surface area contributed by atoms with Gasteiger partial charge in [-0.2, -0.15) is 0 Å². The highest BCUT2D eigenvalue weighted by Gasteiger charge is 2.32. The average Bonchev–Trinajstić information content (AvgIpc) is 3.22. The molecule has 1 saturated heterocycles. The SMILES string of the molecule is CCOC(=O)/C=C/[C@H](C[C@@H]1CCNC1=O)NC(=O)[C@H](CC(C)C)NC(=O)[C@@H](NC(=O)OCCCl)C(C)C. The van der Waals surface area contributed by atoms with Gasteiger partial charge in [-0.05, 0) is 38.0 Å². The second-order valence-electron chi connectivity index (χ2n) is 9.62. The Morgan fingerprint density at radius 3 is 2.32 bits per heavy atom. The van der Waals surface area contributed by atoms with Gasteiger partial charge in [0.05, 0.1) is 12.5 Å². The number of rotatable bonds is 15. The van der Waals surface area contributed by atoms with Crippen LogP contribution in [0.2, 0.25) is 0 Å². The van der Waals surface area contributed by atoms with Crippen molar-refractivity contribution in [1.82, 2.24) is 21.3 Å². The van der Waals surface area contributed by atoms with E-state index in [1.165, 1.54) is 12.2 Å². The molecule has 12 heteroatoms. The molecule has 1 fully saturated rings. The second kappa shape index (κ2) is 16.8. The Hall–Kier alpha value is -2.82. The van der Waals surface area contributed by atoms with E-state index in [1.54, 1.807) is 20.8 Å². The van der Waals surface area contributed by atoms with Crippen molar-refractivity contribution >= 4 is 41.4 Å². The largest absolute Gasteiger partial charge is 0.463 e. The lowest BCUT2D eigenvalue weighted by Crippen LogP contribution is -2.56. The fraction of sp³-hybridized carbons (Fsp3) is 0.720. The monoisotopic (exact) mass is 544 g/mol. The van der Waals surface area contributed by atoms with E-state index in [4.69, 9.17) is 21.1 Å². The highest BCUT2D eigenvalue weighted by atomic mass is 35.5. The molecule has 4 N–H and O–H groups in total. The van der Waals surface area contributed by atoms with Gasteiger partial charge in [0.2, 0.25) is 17.7 Å². The number of esters is 1. The van der Waals surface area contributed by atoms with Crippen LogP contribution >= 0.6 is 11.6 Å². The lowest BCUT2D eigenvalue weighted by atomic mass is 9.96. The van der Waals surface area contributed by atoms with E-state index < -0.39 is 42.0 Å². The van der Waals surface area contributed by atoms with Crippen LogP contribution in [-0.4, -0.2) is 73.5 Å². The van der Waals surface area contributed by atoms with Gasteiger partial charge in [-0.3, -0.25) is 14.4 Å². The Morgan fingerprint density at radius 2 is 1.78 bits per heavy atom. The average molecular weight is 545 g/mol. The Kier molecular flexibility index (Phi) is 14.7. The van der Waals surface area contributed by atoms with Crippen molar-refractivity contribution in [2.75, 3.05) is 25.6 Å². The topological polar surface area (TPSA) is 152 Å². The highest BCUT2D eigenvalue weighted by molar-refractivity contribution is 6.18. The van der Waals surface area contributed by atoms with Crippen LogP contribution in [0.3, 0.4) is 0 Å². The molecule has 4 amide bonds. The number of hydrogen-bond acceptors (Lipinski definition) is 7. The maximum absolute atomic E-state index is 13.3. The fourth-order valence-corrected chi connectivity index (χ4v) is 3.91. The van der Waals surface area contributed by atoms with E-state index in [9.17, 15) is 24.0 Å². The van der Waals surface area contributed by atoms with Crippen molar-refractivity contribution in [2.24, 2.45) is 17.8 Å². The number of nitrogens with one attached hydrogen (secondary N) is 4. The third-order valence-electron chi connectivity index (χ3n) is 5.65. The van der Waals surface area contributed by atoms with Crippen LogP contribution in [0, 0.1) is 17.8 Å². The van der Waals surface area contributed by atoms with Gasteiger partial charge in [-0.25, -0.2) is 9.59 Å². The third kappa shape index (κ3) is 12.3. The molecule has 4 atom stereocenters. The van der Waals surface area contributed by atoms with Crippen molar-refractivity contribution in [3.63, 3.8) is 0 Å². The normalized spacial score (nSPS) is 17.7. The summed E-state index contributed by atoms with van der Waals surface area (Å²) in [6, 6.07) is -2.49. The Labute approximate surface area is 223 Å². The van der Waals surface area contributed by atoms with E-state index in [0.717, 1.165) is 0 Å². The molecule has 0 aromatic heterocycles. The molecule has 37 heavy (non-hydrogen) atoms. The summed E-state index contributed by atoms with van der Waals surface area (Å²) in [5.74, 6) is -2.09. The number of carbonyl (C=O) groups is 5. The number of carbonyl (C=O) groups excluding carboxylic acids is 5. The van der Waals surface area contributed by atoms with Gasteiger partial charge in [0.15, 0.2) is 0 Å². The zero-order chi connectivity index (χ0) is 28.0. The van der Waals surface area contributed by atoms with Gasteiger partial charge in [0.1, 0.15) is 18.7 Å². The smallest absolute Gasteiger partial charge is 0.407 e. The third-order valence-corrected chi connectivity index (χ3v) is 5.81. The lowest BCUT2D eigenvalue weighted by Gasteiger charge is -2.27. The zero-order valence-corrected chi connectivity index (χ0v) is 23.1. The fourth-order valence-electron chi connectivity index (χ4n) is 3.83. The summed E-state index contributed by atoms with van der Waals surface area (Å²) in [4.78, 5) is 62.3. The number of hydrogen-bond donors (Lipinski definition) is 4. The van der Waals surface area contributed by atoms with Gasteiger partial charge >= 0.3 is 12.1 Å². The summed E-state index contributed by atoms with van der Waals surface area (Å²) in [6.45, 7) is 9.78. The molecular weight excluding hydrogens is 504 g/mol. The number of ether oxygens (including phenoxy) is 2. The zero-order valence-electron chi connectivity index (χ0n) is 22.3. The standard InChI is InChI=1S/C25H41ClN4O7/c1-6-36-20(31)8-7-18(14-17-9-11-27-22(17)32)28-23(33)19(13-15(2)3)29-24(34)21(16(4)5)30-25(35)37-12-10-26/h7-8,15-19,21H,6,9-14H2,1-5H3,(H,27,32)(H,28,33)(H,29,34)(H,30,35)/b8-7+/t17-,18+,19-,21-/m0/s1. The number of amides is 4. The van der Waals surface area contributed by atoms with E-state index in [0.29, 0.717) is 25.8 Å². The van der Waals surface area contributed by atoms with Crippen LogP contribution in [0.25, 0.3) is 0 Å². The van der Waals surface area contributed by atoms with Gasteiger partial charge in [-0.15, -0.1) is 11.6 Å². The van der Waals surface area contributed by atoms with Crippen LogP contribution in [0.4, 0.5) is 4.79 Å². The first-order valence-corrected chi connectivity index (χ1v) is 13.2. The first-order valence-electron chi connectivity index (χ1n) is 12.7. The molecule has 1 aliphatic rings. The summed E-state index contributed by atoms with van der Waals surface area (Å²) in [5, 5.41) is 10.9. The summed E-state index contributed by atoms with van der Waals surface area (Å²) in [5.41, 5.74) is 0. The highest BCUT2D eigenvalue weighted by Crippen LogP contribution is 2.17. The van der Waals surface area contributed by atoms with E-state index in [-0.39, 0.29) is 42.8 Å². The molecule has 210 valence electrons. The molecule has 1 rings (SSSR count). The molecule has 0 aromatic carbocycles. The number of halogens is 1. The van der Waals surface area contributed by atoms with Crippen molar-refractivity contribution in [2.45, 2.75) is 72.0 Å². The molecule has 1 heterocycles. The molecule has 0 radical (unpaired) electrons. The van der Waals surface area contributed by atoms with Crippen molar-refractivity contribution in [3.05, 3.63) is 12.2 Å². The minimum atomic E-state index is -0.938. The number of alkyl halides is 1. The van der Waals surface area contributed by atoms with E-state index in [2.05, 4.69) is 21.3 Å². The first kappa shape index (κ1) is 32.2. The molecule has 0 aromatic rings. The van der Waals surface area contributed by atoms with Crippen LogP contribution in [0.5, 0.6) is 0 Å². The predicted molar refractivity (Wildman–Crippen MR) is 139 cm³/mol. The number of alkyl carbamates (subject to hydrolysis) is 1. The molecular formula is C25H41ClN4O7. The predicted octanol–water partition coefficient (Wildman–Crippen LogP) is 1.64. The summed E-state index contributed by atoms with van der Waals surface area (Å²) in [6.07, 6.45) is 3.18. The van der Waals surface area contributed by atoms with Crippen molar-refractivity contribution < 1.29 is 33.4 Å². The molecule has 0 unspecified atom stereocenters. The van der Waals surface area contributed by atoms with Crippen LogP contribution < -0.4 is 21.3 Å². The van der Waals surface area contributed by atoms with Gasteiger partial charge in [-0.1, -0.05) is 33.8 Å². The van der Waals surface area contributed by atoms with E-state index in [1.807, 2.05) is 13.8 Å². The van der Waals surface area contributed by atoms with Crippen LogP contribution in [-0.2, 0) is 28.7 Å². The lowest BCUT2D eigenvalue weighted by molar-refractivity contribution is -0.137. The molecule has 11 nitrogen and oxygen atoms in total. The summed E-state index contributed by atoms with van der Waals surface area (Å²) >= 11 is 5.54.